The molecular formula is C16H23N3O. The highest BCUT2D eigenvalue weighted by Gasteiger charge is 2.35. The molecule has 0 spiro atoms. The standard InChI is InChI=1S/C16H23N3O/c1-11-3-4-14(17-2)13(9-11)16(20)18-15-10-19-7-5-12(15)6-8-19/h3-4,9,12,15,17H,5-8,10H2,1-2H3,(H,18,20). The van der Waals surface area contributed by atoms with Crippen molar-refractivity contribution < 1.29 is 4.79 Å². The summed E-state index contributed by atoms with van der Waals surface area (Å²) in [7, 11) is 1.86. The minimum atomic E-state index is 0.0526. The van der Waals surface area contributed by atoms with Crippen molar-refractivity contribution in [2.75, 3.05) is 32.0 Å². The molecule has 20 heavy (non-hydrogen) atoms. The summed E-state index contributed by atoms with van der Waals surface area (Å²) in [6, 6.07) is 6.27. The van der Waals surface area contributed by atoms with Gasteiger partial charge in [-0.25, -0.2) is 0 Å². The molecule has 0 aliphatic carbocycles. The van der Waals surface area contributed by atoms with Gasteiger partial charge >= 0.3 is 0 Å². The van der Waals surface area contributed by atoms with Crippen LogP contribution in [0.2, 0.25) is 0 Å². The third-order valence-electron chi connectivity index (χ3n) is 4.66. The number of aryl methyl sites for hydroxylation is 1. The number of hydrogen-bond acceptors (Lipinski definition) is 3. The highest BCUT2D eigenvalue weighted by Crippen LogP contribution is 2.28. The summed E-state index contributed by atoms with van der Waals surface area (Å²) in [5.41, 5.74) is 2.77. The average molecular weight is 273 g/mol. The monoisotopic (exact) mass is 273 g/mol. The zero-order chi connectivity index (χ0) is 14.1. The summed E-state index contributed by atoms with van der Waals surface area (Å²) in [5, 5.41) is 6.35. The molecule has 0 aromatic heterocycles. The van der Waals surface area contributed by atoms with Gasteiger partial charge in [-0.2, -0.15) is 0 Å². The molecular weight excluding hydrogens is 250 g/mol. The van der Waals surface area contributed by atoms with E-state index in [1.807, 2.05) is 32.2 Å². The minimum Gasteiger partial charge on any atom is -0.387 e. The number of rotatable bonds is 3. The second kappa shape index (κ2) is 5.44. The zero-order valence-corrected chi connectivity index (χ0v) is 12.3. The number of anilines is 1. The predicted octanol–water partition coefficient (Wildman–Crippen LogP) is 1.86. The normalized spacial score (nSPS) is 28.2. The fraction of sp³-hybridized carbons (Fsp3) is 0.562. The van der Waals surface area contributed by atoms with Crippen molar-refractivity contribution in [1.82, 2.24) is 10.2 Å². The summed E-state index contributed by atoms with van der Waals surface area (Å²) in [5.74, 6) is 0.712. The molecule has 108 valence electrons. The quantitative estimate of drug-likeness (QED) is 0.883. The number of fused-ring (bicyclic) bond motifs is 3. The third-order valence-corrected chi connectivity index (χ3v) is 4.66. The van der Waals surface area contributed by atoms with Crippen molar-refractivity contribution in [1.29, 1.82) is 0 Å². The van der Waals surface area contributed by atoms with E-state index in [1.54, 1.807) is 0 Å². The predicted molar refractivity (Wildman–Crippen MR) is 81.1 cm³/mol. The lowest BCUT2D eigenvalue weighted by atomic mass is 9.84. The number of hydrogen-bond donors (Lipinski definition) is 2. The van der Waals surface area contributed by atoms with Crippen LogP contribution >= 0.6 is 0 Å². The maximum absolute atomic E-state index is 12.6. The van der Waals surface area contributed by atoms with Gasteiger partial charge in [0, 0.05) is 25.3 Å². The van der Waals surface area contributed by atoms with Crippen LogP contribution in [0.3, 0.4) is 0 Å². The first-order valence-corrected chi connectivity index (χ1v) is 7.49. The molecule has 3 heterocycles. The van der Waals surface area contributed by atoms with Gasteiger partial charge in [0.2, 0.25) is 0 Å². The van der Waals surface area contributed by atoms with E-state index in [0.717, 1.165) is 23.4 Å². The van der Waals surface area contributed by atoms with Gasteiger partial charge in [-0.15, -0.1) is 0 Å². The average Bonchev–Trinajstić information content (AvgIpc) is 2.48. The fourth-order valence-electron chi connectivity index (χ4n) is 3.44. The Morgan fingerprint density at radius 1 is 1.30 bits per heavy atom. The summed E-state index contributed by atoms with van der Waals surface area (Å²) >= 11 is 0. The first-order valence-electron chi connectivity index (χ1n) is 7.49. The van der Waals surface area contributed by atoms with E-state index in [9.17, 15) is 4.79 Å². The van der Waals surface area contributed by atoms with Crippen molar-refractivity contribution in [3.8, 4) is 0 Å². The SMILES string of the molecule is CNc1ccc(C)cc1C(=O)NC1CN2CCC1CC2. The van der Waals surface area contributed by atoms with Crippen LogP contribution in [0.25, 0.3) is 0 Å². The Bertz CT molecular complexity index is 506. The van der Waals surface area contributed by atoms with Crippen LogP contribution in [0.1, 0.15) is 28.8 Å². The van der Waals surface area contributed by atoms with Gasteiger partial charge < -0.3 is 15.5 Å². The lowest BCUT2D eigenvalue weighted by Crippen LogP contribution is -2.57. The summed E-state index contributed by atoms with van der Waals surface area (Å²) in [4.78, 5) is 15.0. The Kier molecular flexibility index (Phi) is 3.66. The summed E-state index contributed by atoms with van der Waals surface area (Å²) < 4.78 is 0. The Morgan fingerprint density at radius 2 is 2.05 bits per heavy atom. The van der Waals surface area contributed by atoms with E-state index in [-0.39, 0.29) is 5.91 Å². The van der Waals surface area contributed by atoms with E-state index in [1.165, 1.54) is 25.9 Å². The second-order valence-corrected chi connectivity index (χ2v) is 6.02. The number of nitrogens with zero attached hydrogens (tertiary/aromatic N) is 1. The number of benzene rings is 1. The molecule has 1 aromatic rings. The zero-order valence-electron chi connectivity index (χ0n) is 12.3. The molecule has 0 radical (unpaired) electrons. The van der Waals surface area contributed by atoms with Gasteiger partial charge in [0.25, 0.3) is 5.91 Å². The molecule has 3 aliphatic heterocycles. The van der Waals surface area contributed by atoms with Gasteiger partial charge in [0.05, 0.1) is 5.56 Å². The lowest BCUT2D eigenvalue weighted by Gasteiger charge is -2.45. The van der Waals surface area contributed by atoms with Gasteiger partial charge in [-0.1, -0.05) is 11.6 Å². The van der Waals surface area contributed by atoms with Crippen molar-refractivity contribution in [2.24, 2.45) is 5.92 Å². The summed E-state index contributed by atoms with van der Waals surface area (Å²) in [6.07, 6.45) is 2.44. The number of carbonyl (C=O) groups is 1. The van der Waals surface area contributed by atoms with Gasteiger partial charge in [-0.05, 0) is 50.9 Å². The molecule has 3 aliphatic rings. The van der Waals surface area contributed by atoms with Gasteiger partial charge in [0.15, 0.2) is 0 Å². The smallest absolute Gasteiger partial charge is 0.253 e. The molecule has 4 rings (SSSR count). The molecule has 3 saturated heterocycles. The Hall–Kier alpha value is -1.55. The molecule has 2 N–H and O–H groups in total. The Morgan fingerprint density at radius 3 is 2.65 bits per heavy atom. The van der Waals surface area contributed by atoms with E-state index >= 15 is 0 Å². The maximum Gasteiger partial charge on any atom is 0.253 e. The first-order chi connectivity index (χ1) is 9.67. The molecule has 2 bridgehead atoms. The number of amides is 1. The van der Waals surface area contributed by atoms with E-state index in [2.05, 4.69) is 15.5 Å². The molecule has 1 atom stereocenters. The number of piperidine rings is 3. The highest BCUT2D eigenvalue weighted by molar-refractivity contribution is 6.00. The molecule has 1 amide bonds. The third kappa shape index (κ3) is 2.52. The Balaban J connectivity index is 1.75. The largest absolute Gasteiger partial charge is 0.387 e. The van der Waals surface area contributed by atoms with Crippen LogP contribution in [0.4, 0.5) is 5.69 Å². The van der Waals surface area contributed by atoms with Crippen molar-refractivity contribution >= 4 is 11.6 Å². The van der Waals surface area contributed by atoms with Crippen LogP contribution in [-0.2, 0) is 0 Å². The Labute approximate surface area is 120 Å². The first kappa shape index (κ1) is 13.4. The number of carbonyl (C=O) groups excluding carboxylic acids is 1. The molecule has 0 saturated carbocycles. The van der Waals surface area contributed by atoms with Crippen LogP contribution in [0, 0.1) is 12.8 Å². The van der Waals surface area contributed by atoms with E-state index < -0.39 is 0 Å². The van der Waals surface area contributed by atoms with E-state index in [4.69, 9.17) is 0 Å². The van der Waals surface area contributed by atoms with Gasteiger partial charge in [0.1, 0.15) is 0 Å². The second-order valence-electron chi connectivity index (χ2n) is 6.02. The van der Waals surface area contributed by atoms with Crippen LogP contribution < -0.4 is 10.6 Å². The van der Waals surface area contributed by atoms with Crippen molar-refractivity contribution in [3.05, 3.63) is 29.3 Å². The lowest BCUT2D eigenvalue weighted by molar-refractivity contribution is 0.0621. The van der Waals surface area contributed by atoms with Crippen LogP contribution in [0.5, 0.6) is 0 Å². The van der Waals surface area contributed by atoms with Crippen molar-refractivity contribution in [2.45, 2.75) is 25.8 Å². The molecule has 1 aromatic carbocycles. The van der Waals surface area contributed by atoms with Crippen LogP contribution in [0.15, 0.2) is 18.2 Å². The molecule has 4 nitrogen and oxygen atoms in total. The highest BCUT2D eigenvalue weighted by atomic mass is 16.1. The number of nitrogens with one attached hydrogen (secondary N) is 2. The topological polar surface area (TPSA) is 44.4 Å². The molecule has 3 fully saturated rings. The van der Waals surface area contributed by atoms with Crippen molar-refractivity contribution in [3.63, 3.8) is 0 Å². The van der Waals surface area contributed by atoms with Gasteiger partial charge in [-0.3, -0.25) is 4.79 Å². The summed E-state index contributed by atoms with van der Waals surface area (Å²) in [6.45, 7) is 5.42. The molecule has 4 heteroatoms. The fourth-order valence-corrected chi connectivity index (χ4v) is 3.44. The van der Waals surface area contributed by atoms with Crippen LogP contribution in [-0.4, -0.2) is 43.5 Å². The minimum absolute atomic E-state index is 0.0526. The van der Waals surface area contributed by atoms with E-state index in [0.29, 0.717) is 12.0 Å². The maximum atomic E-state index is 12.6. The molecule has 1 unspecified atom stereocenters.